The second-order valence-corrected chi connectivity index (χ2v) is 5.51. The minimum absolute atomic E-state index is 0.315. The number of imidazole rings is 1. The highest BCUT2D eigenvalue weighted by Gasteiger charge is 2.12. The van der Waals surface area contributed by atoms with Gasteiger partial charge in [0.1, 0.15) is 12.4 Å². The van der Waals surface area contributed by atoms with Gasteiger partial charge in [0.2, 0.25) is 0 Å². The summed E-state index contributed by atoms with van der Waals surface area (Å²) >= 11 is 0. The van der Waals surface area contributed by atoms with E-state index in [1.807, 2.05) is 66.1 Å². The molecule has 0 atom stereocenters. The fraction of sp³-hybridized carbons (Fsp3) is 0.190. The third kappa shape index (κ3) is 3.51. The van der Waals surface area contributed by atoms with Crippen LogP contribution in [0.4, 0.5) is 0 Å². The molecule has 1 aromatic heterocycles. The van der Waals surface area contributed by atoms with E-state index in [-0.39, 0.29) is 0 Å². The number of ether oxygens (including phenoxy) is 2. The Kier molecular flexibility index (Phi) is 5.06. The molecule has 2 aromatic carbocycles. The van der Waals surface area contributed by atoms with E-state index in [4.69, 9.17) is 15.9 Å². The van der Waals surface area contributed by atoms with E-state index < -0.39 is 0 Å². The molecule has 0 saturated heterocycles. The van der Waals surface area contributed by atoms with Gasteiger partial charge in [0.15, 0.2) is 11.5 Å². The minimum Gasteiger partial charge on any atom is -0.493 e. The van der Waals surface area contributed by atoms with Gasteiger partial charge in [0.05, 0.1) is 24.7 Å². The van der Waals surface area contributed by atoms with Crippen molar-refractivity contribution in [2.24, 2.45) is 0 Å². The van der Waals surface area contributed by atoms with Gasteiger partial charge in [0, 0.05) is 0 Å². The Morgan fingerprint density at radius 3 is 2.80 bits per heavy atom. The fourth-order valence-electron chi connectivity index (χ4n) is 2.75. The van der Waals surface area contributed by atoms with E-state index >= 15 is 0 Å². The lowest BCUT2D eigenvalue weighted by Gasteiger charge is -2.12. The SMILES string of the molecule is C#CCn1c(COc2ccc(/C=C\C)cc2OC)nc2ccccc21. The number of methoxy groups -OCH3 is 1. The van der Waals surface area contributed by atoms with Gasteiger partial charge in [-0.25, -0.2) is 4.98 Å². The van der Waals surface area contributed by atoms with E-state index in [9.17, 15) is 0 Å². The maximum atomic E-state index is 5.96. The number of hydrogen-bond acceptors (Lipinski definition) is 3. The number of para-hydroxylation sites is 2. The normalized spacial score (nSPS) is 10.9. The van der Waals surface area contributed by atoms with Gasteiger partial charge in [0.25, 0.3) is 0 Å². The molecule has 0 aliphatic rings. The van der Waals surface area contributed by atoms with Crippen LogP contribution in [0.15, 0.2) is 48.5 Å². The third-order valence-electron chi connectivity index (χ3n) is 3.89. The molecule has 0 unspecified atom stereocenters. The van der Waals surface area contributed by atoms with Crippen molar-refractivity contribution in [3.05, 3.63) is 59.9 Å². The number of benzene rings is 2. The number of fused-ring (bicyclic) bond motifs is 1. The first-order chi connectivity index (χ1) is 12.3. The molecule has 0 spiro atoms. The van der Waals surface area contributed by atoms with Crippen molar-refractivity contribution in [2.45, 2.75) is 20.1 Å². The van der Waals surface area contributed by atoms with E-state index in [1.54, 1.807) is 7.11 Å². The van der Waals surface area contributed by atoms with Crippen molar-refractivity contribution in [2.75, 3.05) is 7.11 Å². The Hall–Kier alpha value is -3.19. The van der Waals surface area contributed by atoms with Crippen LogP contribution in [-0.2, 0) is 13.2 Å². The summed E-state index contributed by atoms with van der Waals surface area (Å²) in [6, 6.07) is 13.8. The van der Waals surface area contributed by atoms with Crippen LogP contribution >= 0.6 is 0 Å². The van der Waals surface area contributed by atoms with Gasteiger partial charge in [-0.05, 0) is 36.8 Å². The lowest BCUT2D eigenvalue weighted by Crippen LogP contribution is -2.07. The molecule has 0 radical (unpaired) electrons. The van der Waals surface area contributed by atoms with E-state index in [2.05, 4.69) is 10.9 Å². The molecule has 4 nitrogen and oxygen atoms in total. The predicted molar refractivity (Wildman–Crippen MR) is 101 cm³/mol. The number of aromatic nitrogens is 2. The zero-order valence-corrected chi connectivity index (χ0v) is 14.4. The number of hydrogen-bond donors (Lipinski definition) is 0. The Morgan fingerprint density at radius 1 is 1.20 bits per heavy atom. The first kappa shape index (κ1) is 16.7. The van der Waals surface area contributed by atoms with Gasteiger partial charge in [-0.3, -0.25) is 0 Å². The highest BCUT2D eigenvalue weighted by molar-refractivity contribution is 5.76. The van der Waals surface area contributed by atoms with Crippen LogP contribution in [0.5, 0.6) is 11.5 Å². The monoisotopic (exact) mass is 332 g/mol. The molecule has 0 amide bonds. The highest BCUT2D eigenvalue weighted by atomic mass is 16.5. The number of rotatable bonds is 6. The molecule has 3 rings (SSSR count). The van der Waals surface area contributed by atoms with Crippen molar-refractivity contribution in [1.29, 1.82) is 0 Å². The lowest BCUT2D eigenvalue weighted by atomic mass is 10.2. The zero-order valence-electron chi connectivity index (χ0n) is 14.4. The summed E-state index contributed by atoms with van der Waals surface area (Å²) in [6.45, 7) is 2.75. The molecular weight excluding hydrogens is 312 g/mol. The fourth-order valence-corrected chi connectivity index (χ4v) is 2.75. The van der Waals surface area contributed by atoms with Gasteiger partial charge in [-0.15, -0.1) is 6.42 Å². The van der Waals surface area contributed by atoms with Gasteiger partial charge < -0.3 is 14.0 Å². The Balaban J connectivity index is 1.88. The summed E-state index contributed by atoms with van der Waals surface area (Å²) in [7, 11) is 1.63. The predicted octanol–water partition coefficient (Wildman–Crippen LogP) is 4.29. The number of allylic oxidation sites excluding steroid dienone is 1. The van der Waals surface area contributed by atoms with E-state index in [0.717, 1.165) is 22.4 Å². The van der Waals surface area contributed by atoms with E-state index in [0.29, 0.717) is 24.7 Å². The van der Waals surface area contributed by atoms with Crippen LogP contribution in [0.25, 0.3) is 17.1 Å². The molecule has 4 heteroatoms. The quantitative estimate of drug-likeness (QED) is 0.632. The molecule has 0 bridgehead atoms. The lowest BCUT2D eigenvalue weighted by molar-refractivity contribution is 0.273. The van der Waals surface area contributed by atoms with Crippen molar-refractivity contribution < 1.29 is 9.47 Å². The third-order valence-corrected chi connectivity index (χ3v) is 3.89. The van der Waals surface area contributed by atoms with Crippen LogP contribution in [0.2, 0.25) is 0 Å². The van der Waals surface area contributed by atoms with Crippen molar-refractivity contribution in [3.63, 3.8) is 0 Å². The number of terminal acetylenes is 1. The van der Waals surface area contributed by atoms with Crippen LogP contribution < -0.4 is 9.47 Å². The minimum atomic E-state index is 0.315. The van der Waals surface area contributed by atoms with Crippen LogP contribution in [0.3, 0.4) is 0 Å². The van der Waals surface area contributed by atoms with Crippen LogP contribution in [0, 0.1) is 12.3 Å². The molecule has 126 valence electrons. The summed E-state index contributed by atoms with van der Waals surface area (Å²) in [4.78, 5) is 4.64. The summed E-state index contributed by atoms with van der Waals surface area (Å²) in [5.41, 5.74) is 2.98. The van der Waals surface area contributed by atoms with Gasteiger partial charge in [-0.1, -0.05) is 36.3 Å². The highest BCUT2D eigenvalue weighted by Crippen LogP contribution is 2.29. The molecule has 3 aromatic rings. The van der Waals surface area contributed by atoms with Crippen molar-refractivity contribution >= 4 is 17.1 Å². The Morgan fingerprint density at radius 2 is 2.04 bits per heavy atom. The smallest absolute Gasteiger partial charge is 0.161 e. The summed E-state index contributed by atoms with van der Waals surface area (Å²) in [5.74, 6) is 4.84. The van der Waals surface area contributed by atoms with Crippen LogP contribution in [0.1, 0.15) is 18.3 Å². The first-order valence-corrected chi connectivity index (χ1v) is 8.08. The standard InChI is InChI=1S/C21H20N2O2/c1-4-8-16-11-12-19(20(14-16)24-3)25-15-21-22-17-9-6-7-10-18(17)23(21)13-5-2/h2,4,6-12,14H,13,15H2,1,3H3/b8-4-. The van der Waals surface area contributed by atoms with Crippen LogP contribution in [-0.4, -0.2) is 16.7 Å². The molecule has 0 aliphatic carbocycles. The molecule has 25 heavy (non-hydrogen) atoms. The number of nitrogens with zero attached hydrogens (tertiary/aromatic N) is 2. The second-order valence-electron chi connectivity index (χ2n) is 5.51. The van der Waals surface area contributed by atoms with Crippen molar-refractivity contribution in [1.82, 2.24) is 9.55 Å². The maximum Gasteiger partial charge on any atom is 0.161 e. The van der Waals surface area contributed by atoms with E-state index in [1.165, 1.54) is 0 Å². The molecule has 0 fully saturated rings. The average molecular weight is 332 g/mol. The Labute approximate surface area is 147 Å². The summed E-state index contributed by atoms with van der Waals surface area (Å²) in [5, 5.41) is 0. The first-order valence-electron chi connectivity index (χ1n) is 8.08. The van der Waals surface area contributed by atoms with Crippen molar-refractivity contribution in [3.8, 4) is 23.8 Å². The molecule has 0 N–H and O–H groups in total. The van der Waals surface area contributed by atoms with Gasteiger partial charge >= 0.3 is 0 Å². The second kappa shape index (κ2) is 7.59. The Bertz CT molecular complexity index is 948. The molecular formula is C21H20N2O2. The summed E-state index contributed by atoms with van der Waals surface area (Å²) < 4.78 is 13.4. The largest absolute Gasteiger partial charge is 0.493 e. The maximum absolute atomic E-state index is 5.96. The molecule has 1 heterocycles. The molecule has 0 saturated carbocycles. The molecule has 0 aliphatic heterocycles. The average Bonchev–Trinajstić information content (AvgIpc) is 2.99. The summed E-state index contributed by atoms with van der Waals surface area (Å²) in [6.07, 6.45) is 9.51. The topological polar surface area (TPSA) is 36.3 Å². The van der Waals surface area contributed by atoms with Gasteiger partial charge in [-0.2, -0.15) is 0 Å². The zero-order chi connectivity index (χ0) is 17.6.